The van der Waals surface area contributed by atoms with Gasteiger partial charge in [-0.1, -0.05) is 6.42 Å². The van der Waals surface area contributed by atoms with Crippen LogP contribution in [0, 0.1) is 5.92 Å². The van der Waals surface area contributed by atoms with Crippen molar-refractivity contribution < 1.29 is 4.79 Å². The fourth-order valence-electron chi connectivity index (χ4n) is 4.61. The molecule has 3 aliphatic rings. The van der Waals surface area contributed by atoms with Crippen LogP contribution in [-0.2, 0) is 17.9 Å². The summed E-state index contributed by atoms with van der Waals surface area (Å²) in [6.07, 6.45) is 6.07. The molecule has 1 amide bonds. The van der Waals surface area contributed by atoms with Gasteiger partial charge in [0.15, 0.2) is 0 Å². The lowest BCUT2D eigenvalue weighted by Crippen LogP contribution is -2.46. The average molecular weight is 348 g/mol. The monoisotopic (exact) mass is 347 g/mol. The molecule has 0 aromatic carbocycles. The van der Waals surface area contributed by atoms with E-state index < -0.39 is 0 Å². The van der Waals surface area contributed by atoms with E-state index in [1.165, 1.54) is 49.2 Å². The number of fused-ring (bicyclic) bond motifs is 1. The molecule has 0 bridgehead atoms. The molecule has 0 N–H and O–H groups in total. The van der Waals surface area contributed by atoms with Crippen molar-refractivity contribution in [3.63, 3.8) is 0 Å². The highest BCUT2D eigenvalue weighted by Gasteiger charge is 2.40. The second-order valence-corrected chi connectivity index (χ2v) is 8.81. The number of hydrogen-bond donors (Lipinski definition) is 0. The fourth-order valence-corrected chi connectivity index (χ4v) is 5.53. The third-order valence-corrected chi connectivity index (χ3v) is 7.05. The third kappa shape index (κ3) is 3.53. The maximum Gasteiger partial charge on any atom is 0.222 e. The Kier molecular flexibility index (Phi) is 4.93. The van der Waals surface area contributed by atoms with Crippen LogP contribution in [-0.4, -0.2) is 59.9 Å². The predicted molar refractivity (Wildman–Crippen MR) is 98.0 cm³/mol. The molecule has 0 spiro atoms. The summed E-state index contributed by atoms with van der Waals surface area (Å²) in [5.74, 6) is 0.934. The fraction of sp³-hybridized carbons (Fsp3) is 0.737. The first-order chi connectivity index (χ1) is 11.7. The van der Waals surface area contributed by atoms with Crippen LogP contribution in [0.2, 0.25) is 0 Å². The first-order valence-electron chi connectivity index (χ1n) is 9.46. The van der Waals surface area contributed by atoms with Gasteiger partial charge in [0.25, 0.3) is 0 Å². The van der Waals surface area contributed by atoms with E-state index in [0.29, 0.717) is 17.9 Å². The molecule has 0 radical (unpaired) electrons. The van der Waals surface area contributed by atoms with Gasteiger partial charge < -0.3 is 4.90 Å². The lowest BCUT2D eigenvalue weighted by Gasteiger charge is -2.36. The number of carbonyl (C=O) groups excluding carboxylic acids is 1. The summed E-state index contributed by atoms with van der Waals surface area (Å²) in [5, 5.41) is 2.35. The number of rotatable bonds is 4. The molecule has 4 heterocycles. The Balaban J connectivity index is 1.32. The van der Waals surface area contributed by atoms with Gasteiger partial charge >= 0.3 is 0 Å². The van der Waals surface area contributed by atoms with Gasteiger partial charge in [-0.3, -0.25) is 14.6 Å². The Bertz CT molecular complexity index is 581. The Morgan fingerprint density at radius 1 is 1.12 bits per heavy atom. The molecule has 1 aromatic rings. The third-order valence-electron chi connectivity index (χ3n) is 6.08. The topological polar surface area (TPSA) is 26.8 Å². The van der Waals surface area contributed by atoms with Crippen molar-refractivity contribution in [1.29, 1.82) is 0 Å². The molecule has 0 saturated carbocycles. The highest BCUT2D eigenvalue weighted by molar-refractivity contribution is 7.10. The van der Waals surface area contributed by atoms with Crippen molar-refractivity contribution in [2.75, 3.05) is 33.2 Å². The summed E-state index contributed by atoms with van der Waals surface area (Å²) in [6.45, 7) is 6.89. The molecule has 5 heteroatoms. The van der Waals surface area contributed by atoms with Gasteiger partial charge in [0.05, 0.1) is 0 Å². The van der Waals surface area contributed by atoms with Gasteiger partial charge in [-0.15, -0.1) is 11.3 Å². The number of likely N-dealkylation sites (N-methyl/N-ethyl adjacent to an activating group) is 1. The Labute approximate surface area is 149 Å². The van der Waals surface area contributed by atoms with E-state index in [9.17, 15) is 4.79 Å². The molecule has 2 atom stereocenters. The summed E-state index contributed by atoms with van der Waals surface area (Å²) in [7, 11) is 1.98. The molecular formula is C19H29N3OS. The molecule has 0 aliphatic carbocycles. The smallest absolute Gasteiger partial charge is 0.222 e. The van der Waals surface area contributed by atoms with Crippen LogP contribution in [0.1, 0.15) is 42.5 Å². The normalized spacial score (nSPS) is 29.2. The second-order valence-electron chi connectivity index (χ2n) is 7.82. The number of thiophene rings is 1. The number of amides is 1. The summed E-state index contributed by atoms with van der Waals surface area (Å²) in [4.78, 5) is 20.5. The number of piperidine rings is 2. The van der Waals surface area contributed by atoms with E-state index in [2.05, 4.69) is 21.2 Å². The van der Waals surface area contributed by atoms with Crippen LogP contribution >= 0.6 is 11.3 Å². The van der Waals surface area contributed by atoms with Crippen molar-refractivity contribution in [3.05, 3.63) is 21.9 Å². The SMILES string of the molecule is CN1C(=O)C[C@H]2CCN(Cc3cc(CN4CCCCC4)cs3)C[C@H]21. The minimum absolute atomic E-state index is 0.340. The molecule has 3 saturated heterocycles. The summed E-state index contributed by atoms with van der Waals surface area (Å²) in [6, 6.07) is 2.86. The molecule has 4 nitrogen and oxygen atoms in total. The van der Waals surface area contributed by atoms with Gasteiger partial charge in [-0.25, -0.2) is 0 Å². The number of nitrogens with zero attached hydrogens (tertiary/aromatic N) is 3. The van der Waals surface area contributed by atoms with E-state index in [1.807, 2.05) is 23.3 Å². The average Bonchev–Trinajstić information content (AvgIpc) is 3.14. The highest BCUT2D eigenvalue weighted by atomic mass is 32.1. The van der Waals surface area contributed by atoms with Crippen LogP contribution in [0.15, 0.2) is 11.4 Å². The summed E-state index contributed by atoms with van der Waals surface area (Å²) in [5.41, 5.74) is 1.49. The maximum atomic E-state index is 11.9. The quantitative estimate of drug-likeness (QED) is 0.838. The Morgan fingerprint density at radius 3 is 2.79 bits per heavy atom. The van der Waals surface area contributed by atoms with Crippen LogP contribution in [0.3, 0.4) is 0 Å². The van der Waals surface area contributed by atoms with E-state index in [0.717, 1.165) is 32.6 Å². The first-order valence-corrected chi connectivity index (χ1v) is 10.3. The zero-order valence-electron chi connectivity index (χ0n) is 14.7. The molecule has 3 fully saturated rings. The van der Waals surface area contributed by atoms with Gasteiger partial charge in [0, 0.05) is 44.0 Å². The van der Waals surface area contributed by atoms with Crippen LogP contribution in [0.4, 0.5) is 0 Å². The zero-order chi connectivity index (χ0) is 16.5. The van der Waals surface area contributed by atoms with Crippen molar-refractivity contribution in [3.8, 4) is 0 Å². The lowest BCUT2D eigenvalue weighted by atomic mass is 9.92. The van der Waals surface area contributed by atoms with Crippen LogP contribution in [0.5, 0.6) is 0 Å². The minimum Gasteiger partial charge on any atom is -0.341 e. The molecular weight excluding hydrogens is 318 g/mol. The molecule has 1 aromatic heterocycles. The molecule has 3 aliphatic heterocycles. The zero-order valence-corrected chi connectivity index (χ0v) is 15.6. The van der Waals surface area contributed by atoms with Gasteiger partial charge in [0.1, 0.15) is 0 Å². The Morgan fingerprint density at radius 2 is 1.96 bits per heavy atom. The molecule has 4 rings (SSSR count). The minimum atomic E-state index is 0.340. The van der Waals surface area contributed by atoms with Crippen molar-refractivity contribution in [1.82, 2.24) is 14.7 Å². The van der Waals surface area contributed by atoms with E-state index >= 15 is 0 Å². The van der Waals surface area contributed by atoms with Gasteiger partial charge in [-0.05, 0) is 61.8 Å². The summed E-state index contributed by atoms with van der Waals surface area (Å²) < 4.78 is 0. The molecule has 24 heavy (non-hydrogen) atoms. The lowest BCUT2D eigenvalue weighted by molar-refractivity contribution is -0.127. The highest BCUT2D eigenvalue weighted by Crippen LogP contribution is 2.32. The van der Waals surface area contributed by atoms with Gasteiger partial charge in [0.2, 0.25) is 5.91 Å². The molecule has 132 valence electrons. The van der Waals surface area contributed by atoms with E-state index in [-0.39, 0.29) is 0 Å². The number of hydrogen-bond acceptors (Lipinski definition) is 4. The van der Waals surface area contributed by atoms with E-state index in [1.54, 1.807) is 0 Å². The Hall–Kier alpha value is -0.910. The standard InChI is InChI=1S/C19H29N3OS/c1-20-18-13-22(8-5-16(18)10-19(20)23)12-17-9-15(14-24-17)11-21-6-3-2-4-7-21/h9,14,16,18H,2-8,10-13H2,1H3/t16-,18-/m1/s1. The van der Waals surface area contributed by atoms with Gasteiger partial charge in [-0.2, -0.15) is 0 Å². The van der Waals surface area contributed by atoms with Crippen LogP contribution in [0.25, 0.3) is 0 Å². The van der Waals surface area contributed by atoms with Crippen molar-refractivity contribution >= 4 is 17.2 Å². The van der Waals surface area contributed by atoms with E-state index in [4.69, 9.17) is 0 Å². The largest absolute Gasteiger partial charge is 0.341 e. The van der Waals surface area contributed by atoms with Crippen molar-refractivity contribution in [2.24, 2.45) is 5.92 Å². The second kappa shape index (κ2) is 7.14. The molecule has 0 unspecified atom stereocenters. The van der Waals surface area contributed by atoms with Crippen LogP contribution < -0.4 is 0 Å². The van der Waals surface area contributed by atoms with Crippen molar-refractivity contribution in [2.45, 2.75) is 51.2 Å². The maximum absolute atomic E-state index is 11.9. The number of carbonyl (C=O) groups is 1. The summed E-state index contributed by atoms with van der Waals surface area (Å²) >= 11 is 1.91. The first kappa shape index (κ1) is 16.6. The number of likely N-dealkylation sites (tertiary alicyclic amines) is 3. The predicted octanol–water partition coefficient (Wildman–Crippen LogP) is 2.79.